The summed E-state index contributed by atoms with van der Waals surface area (Å²) in [6.45, 7) is 5.94. The van der Waals surface area contributed by atoms with Crippen molar-refractivity contribution in [2.45, 2.75) is 78.2 Å². The van der Waals surface area contributed by atoms with Gasteiger partial charge in [0.15, 0.2) is 0 Å². The van der Waals surface area contributed by atoms with Crippen LogP contribution in [0.5, 0.6) is 0 Å². The number of unbranched alkanes of at least 4 members (excludes halogenated alkanes) is 1. The topological polar surface area (TPSA) is 17.8 Å². The Labute approximate surface area is 118 Å². The molecular weight excluding hydrogens is 232 g/mol. The van der Waals surface area contributed by atoms with Crippen LogP contribution in [0.1, 0.15) is 71.6 Å². The molecule has 1 atom stereocenters. The lowest BCUT2D eigenvalue weighted by Crippen LogP contribution is -2.27. The normalized spacial score (nSPS) is 20.3. The summed E-state index contributed by atoms with van der Waals surface area (Å²) in [5.41, 5.74) is 0.457. The van der Waals surface area contributed by atoms with Gasteiger partial charge in [-0.3, -0.25) is 0 Å². The summed E-state index contributed by atoms with van der Waals surface area (Å²) in [6, 6.07) is 0. The highest BCUT2D eigenvalue weighted by Crippen LogP contribution is 2.39. The molecular formula is C17H30N2. The maximum atomic E-state index is 4.20. The van der Waals surface area contributed by atoms with Crippen LogP contribution in [0.3, 0.4) is 0 Å². The molecule has 2 nitrogen and oxygen atoms in total. The van der Waals surface area contributed by atoms with Gasteiger partial charge < -0.3 is 4.57 Å². The fourth-order valence-electron chi connectivity index (χ4n) is 3.76. The van der Waals surface area contributed by atoms with Crippen LogP contribution in [0.4, 0.5) is 0 Å². The Hall–Kier alpha value is -0.790. The van der Waals surface area contributed by atoms with Crippen molar-refractivity contribution < 1.29 is 0 Å². The molecule has 0 aromatic carbocycles. The Balaban J connectivity index is 1.95. The van der Waals surface area contributed by atoms with Crippen LogP contribution in [0.15, 0.2) is 18.7 Å². The smallest absolute Gasteiger partial charge is 0.0946 e. The van der Waals surface area contributed by atoms with E-state index in [2.05, 4.69) is 29.6 Å². The maximum Gasteiger partial charge on any atom is 0.0946 e. The van der Waals surface area contributed by atoms with Crippen LogP contribution < -0.4 is 0 Å². The molecule has 1 aromatic rings. The summed E-state index contributed by atoms with van der Waals surface area (Å²) in [5.74, 6) is 0.971. The lowest BCUT2D eigenvalue weighted by atomic mass is 9.73. The van der Waals surface area contributed by atoms with Crippen molar-refractivity contribution in [2.24, 2.45) is 11.3 Å². The molecule has 0 aliphatic heterocycles. The number of nitrogens with zero attached hydrogens (tertiary/aromatic N) is 2. The maximum absolute atomic E-state index is 4.20. The molecule has 1 heterocycles. The van der Waals surface area contributed by atoms with Crippen molar-refractivity contribution in [3.05, 3.63) is 18.7 Å². The van der Waals surface area contributed by atoms with Crippen LogP contribution in [0.2, 0.25) is 0 Å². The fraction of sp³-hybridized carbons (Fsp3) is 0.824. The average molecular weight is 262 g/mol. The van der Waals surface area contributed by atoms with Gasteiger partial charge in [-0.25, -0.2) is 4.98 Å². The monoisotopic (exact) mass is 262 g/mol. The fourth-order valence-corrected chi connectivity index (χ4v) is 3.76. The summed E-state index contributed by atoms with van der Waals surface area (Å²) in [4.78, 5) is 4.20. The molecule has 0 spiro atoms. The third-order valence-electron chi connectivity index (χ3n) is 4.76. The van der Waals surface area contributed by atoms with Gasteiger partial charge in [0.2, 0.25) is 0 Å². The van der Waals surface area contributed by atoms with Gasteiger partial charge in [0.05, 0.1) is 6.33 Å². The highest BCUT2D eigenvalue weighted by atomic mass is 15.0. The zero-order chi connectivity index (χ0) is 13.6. The number of aromatic nitrogens is 2. The van der Waals surface area contributed by atoms with E-state index >= 15 is 0 Å². The number of hydrogen-bond donors (Lipinski definition) is 0. The van der Waals surface area contributed by atoms with Crippen LogP contribution in [0, 0.1) is 11.3 Å². The molecule has 0 N–H and O–H groups in total. The molecule has 0 amide bonds. The summed E-state index contributed by atoms with van der Waals surface area (Å²) < 4.78 is 2.28. The Kier molecular flexibility index (Phi) is 5.47. The lowest BCUT2D eigenvalue weighted by molar-refractivity contribution is 0.160. The third kappa shape index (κ3) is 4.67. The van der Waals surface area contributed by atoms with Crippen LogP contribution in [0.25, 0.3) is 0 Å². The van der Waals surface area contributed by atoms with E-state index in [0.29, 0.717) is 5.41 Å². The van der Waals surface area contributed by atoms with E-state index in [0.717, 1.165) is 12.5 Å². The molecule has 0 radical (unpaired) electrons. The molecule has 2 rings (SSSR count). The van der Waals surface area contributed by atoms with E-state index in [1.54, 1.807) is 0 Å². The summed E-state index contributed by atoms with van der Waals surface area (Å²) in [7, 11) is 0. The average Bonchev–Trinajstić information content (AvgIpc) is 2.90. The SMILES string of the molecule is CCCCC(C)(CC1CCCCC1)Cn1ccnc1. The van der Waals surface area contributed by atoms with Gasteiger partial charge in [-0.05, 0) is 24.2 Å². The zero-order valence-corrected chi connectivity index (χ0v) is 12.8. The molecule has 108 valence electrons. The van der Waals surface area contributed by atoms with Crippen molar-refractivity contribution in [3.63, 3.8) is 0 Å². The molecule has 1 saturated carbocycles. The zero-order valence-electron chi connectivity index (χ0n) is 12.8. The molecule has 1 fully saturated rings. The van der Waals surface area contributed by atoms with E-state index in [1.165, 1.54) is 57.8 Å². The second-order valence-electron chi connectivity index (χ2n) is 6.86. The van der Waals surface area contributed by atoms with E-state index < -0.39 is 0 Å². The third-order valence-corrected chi connectivity index (χ3v) is 4.76. The van der Waals surface area contributed by atoms with Gasteiger partial charge in [0.25, 0.3) is 0 Å². The van der Waals surface area contributed by atoms with Crippen LogP contribution >= 0.6 is 0 Å². The van der Waals surface area contributed by atoms with Gasteiger partial charge in [-0.2, -0.15) is 0 Å². The molecule has 1 unspecified atom stereocenters. The van der Waals surface area contributed by atoms with Crippen molar-refractivity contribution >= 4 is 0 Å². The quantitative estimate of drug-likeness (QED) is 0.672. The summed E-state index contributed by atoms with van der Waals surface area (Å²) >= 11 is 0. The van der Waals surface area contributed by atoms with Crippen molar-refractivity contribution in [1.82, 2.24) is 9.55 Å². The van der Waals surface area contributed by atoms with Gasteiger partial charge in [-0.15, -0.1) is 0 Å². The molecule has 1 aliphatic rings. The Morgan fingerprint density at radius 3 is 2.68 bits per heavy atom. The van der Waals surface area contributed by atoms with E-state index in [9.17, 15) is 0 Å². The standard InChI is InChI=1S/C17H30N2/c1-3-4-10-17(2,14-19-12-11-18-15-19)13-16-8-6-5-7-9-16/h11-12,15-16H,3-10,13-14H2,1-2H3. The predicted molar refractivity (Wildman–Crippen MR) is 81.1 cm³/mol. The number of imidazole rings is 1. The molecule has 0 bridgehead atoms. The first-order valence-corrected chi connectivity index (χ1v) is 8.17. The molecule has 19 heavy (non-hydrogen) atoms. The number of hydrogen-bond acceptors (Lipinski definition) is 1. The molecule has 2 heteroatoms. The van der Waals surface area contributed by atoms with Crippen molar-refractivity contribution in [3.8, 4) is 0 Å². The van der Waals surface area contributed by atoms with Gasteiger partial charge >= 0.3 is 0 Å². The molecule has 1 aromatic heterocycles. The molecule has 0 saturated heterocycles. The minimum Gasteiger partial charge on any atom is -0.337 e. The first-order valence-electron chi connectivity index (χ1n) is 8.17. The first kappa shape index (κ1) is 14.6. The Morgan fingerprint density at radius 2 is 2.05 bits per heavy atom. The highest BCUT2D eigenvalue weighted by Gasteiger charge is 2.28. The Bertz CT molecular complexity index is 338. The lowest BCUT2D eigenvalue weighted by Gasteiger charge is -2.35. The number of rotatable bonds is 7. The summed E-state index contributed by atoms with van der Waals surface area (Å²) in [5, 5.41) is 0. The van der Waals surface area contributed by atoms with Gasteiger partial charge in [-0.1, -0.05) is 58.8 Å². The van der Waals surface area contributed by atoms with Gasteiger partial charge in [0.1, 0.15) is 0 Å². The predicted octanol–water partition coefficient (Wildman–Crippen LogP) is 5.05. The minimum absolute atomic E-state index is 0.457. The second kappa shape index (κ2) is 7.12. The minimum atomic E-state index is 0.457. The largest absolute Gasteiger partial charge is 0.337 e. The van der Waals surface area contributed by atoms with Gasteiger partial charge in [0, 0.05) is 18.9 Å². The second-order valence-corrected chi connectivity index (χ2v) is 6.86. The van der Waals surface area contributed by atoms with Crippen LogP contribution in [-0.4, -0.2) is 9.55 Å². The summed E-state index contributed by atoms with van der Waals surface area (Å²) in [6.07, 6.45) is 18.7. The first-order chi connectivity index (χ1) is 9.22. The van der Waals surface area contributed by atoms with Crippen LogP contribution in [-0.2, 0) is 6.54 Å². The van der Waals surface area contributed by atoms with Crippen molar-refractivity contribution in [2.75, 3.05) is 0 Å². The van der Waals surface area contributed by atoms with E-state index in [1.807, 2.05) is 12.5 Å². The Morgan fingerprint density at radius 1 is 1.26 bits per heavy atom. The highest BCUT2D eigenvalue weighted by molar-refractivity contribution is 4.84. The van der Waals surface area contributed by atoms with E-state index in [-0.39, 0.29) is 0 Å². The van der Waals surface area contributed by atoms with E-state index in [4.69, 9.17) is 0 Å². The van der Waals surface area contributed by atoms with Crippen molar-refractivity contribution in [1.29, 1.82) is 0 Å². The molecule has 1 aliphatic carbocycles.